The summed E-state index contributed by atoms with van der Waals surface area (Å²) in [6.45, 7) is 0. The van der Waals surface area contributed by atoms with Crippen LogP contribution in [0.1, 0.15) is 16.7 Å². The zero-order valence-electron chi connectivity index (χ0n) is 24.5. The predicted octanol–water partition coefficient (Wildman–Crippen LogP) is 11.8. The fourth-order valence-corrected chi connectivity index (χ4v) is 7.80. The minimum atomic E-state index is 1.18. The Morgan fingerprint density at radius 3 is 1.84 bits per heavy atom. The maximum absolute atomic E-state index is 2.52. The van der Waals surface area contributed by atoms with E-state index >= 15 is 0 Å². The molecule has 0 saturated heterocycles. The number of rotatable bonds is 2. The molecule has 0 saturated carbocycles. The van der Waals surface area contributed by atoms with Gasteiger partial charge in [-0.2, -0.15) is 0 Å². The van der Waals surface area contributed by atoms with Crippen molar-refractivity contribution in [3.8, 4) is 16.8 Å². The van der Waals surface area contributed by atoms with Crippen molar-refractivity contribution in [1.29, 1.82) is 0 Å². The van der Waals surface area contributed by atoms with Crippen molar-refractivity contribution in [2.24, 2.45) is 0 Å². The van der Waals surface area contributed by atoms with Crippen molar-refractivity contribution in [3.05, 3.63) is 174 Å². The second-order valence-corrected chi connectivity index (χ2v) is 12.1. The lowest BCUT2D eigenvalue weighted by atomic mass is 9.95. The van der Waals surface area contributed by atoms with Gasteiger partial charge in [-0.05, 0) is 84.6 Å². The summed E-state index contributed by atoms with van der Waals surface area (Å²) in [5.74, 6) is 0. The van der Waals surface area contributed by atoms with Gasteiger partial charge in [0.05, 0.1) is 11.0 Å². The van der Waals surface area contributed by atoms with E-state index < -0.39 is 0 Å². The summed E-state index contributed by atoms with van der Waals surface area (Å²) in [5.41, 5.74) is 11.3. The Morgan fingerprint density at radius 1 is 0.400 bits per heavy atom. The maximum Gasteiger partial charge on any atom is 0.0626 e. The maximum atomic E-state index is 2.52. The van der Waals surface area contributed by atoms with Gasteiger partial charge in [0.1, 0.15) is 0 Å². The number of hydrogen-bond donors (Lipinski definition) is 0. The van der Waals surface area contributed by atoms with Crippen molar-refractivity contribution in [2.45, 2.75) is 0 Å². The number of benzene rings is 8. The summed E-state index contributed by atoms with van der Waals surface area (Å²) >= 11 is 0. The molecule has 0 aliphatic heterocycles. The van der Waals surface area contributed by atoms with E-state index in [9.17, 15) is 0 Å². The normalized spacial score (nSPS) is 13.4. The third kappa shape index (κ3) is 3.44. The summed E-state index contributed by atoms with van der Waals surface area (Å²) in [5, 5.41) is 10.3. The fourth-order valence-electron chi connectivity index (χ4n) is 7.80. The highest BCUT2D eigenvalue weighted by atomic mass is 15.0. The number of nitrogens with zero attached hydrogens (tertiary/aromatic N) is 1. The molecule has 0 bridgehead atoms. The monoisotopic (exact) mass is 569 g/mol. The molecule has 1 aliphatic rings. The van der Waals surface area contributed by atoms with Crippen LogP contribution >= 0.6 is 0 Å². The Hall–Kier alpha value is -5.92. The molecule has 208 valence electrons. The van der Waals surface area contributed by atoms with Crippen LogP contribution in [0.3, 0.4) is 0 Å². The third-order valence-electron chi connectivity index (χ3n) is 9.70. The van der Waals surface area contributed by atoms with Gasteiger partial charge in [0, 0.05) is 21.8 Å². The minimum Gasteiger partial charge on any atom is -0.309 e. The number of hydrogen-bond acceptors (Lipinski definition) is 0. The van der Waals surface area contributed by atoms with Crippen molar-refractivity contribution in [1.82, 2.24) is 4.57 Å². The van der Waals surface area contributed by atoms with Crippen LogP contribution in [0, 0.1) is 0 Å². The highest BCUT2D eigenvalue weighted by Crippen LogP contribution is 2.48. The fraction of sp³-hybridized carbons (Fsp3) is 0. The van der Waals surface area contributed by atoms with Crippen LogP contribution in [-0.2, 0) is 0 Å². The first-order valence-corrected chi connectivity index (χ1v) is 15.6. The van der Waals surface area contributed by atoms with Gasteiger partial charge >= 0.3 is 0 Å². The second-order valence-electron chi connectivity index (χ2n) is 12.1. The van der Waals surface area contributed by atoms with Crippen molar-refractivity contribution >= 4 is 65.8 Å². The van der Waals surface area contributed by atoms with Crippen LogP contribution in [-0.4, -0.2) is 4.57 Å². The van der Waals surface area contributed by atoms with Crippen LogP contribution < -0.4 is 0 Å². The molecule has 10 rings (SSSR count). The SMILES string of the molecule is C(=C1c2ccccc2-c2cc(-n3c4ccc5ccccc5c4c4c5ccccc5c5ccccc5c43)ccc21)c1ccccc1. The molecule has 0 amide bonds. The van der Waals surface area contributed by atoms with E-state index in [1.807, 2.05) is 0 Å². The molecule has 1 aliphatic carbocycles. The van der Waals surface area contributed by atoms with Crippen LogP contribution in [0.5, 0.6) is 0 Å². The average molecular weight is 570 g/mol. The Bertz CT molecular complexity index is 2690. The largest absolute Gasteiger partial charge is 0.309 e. The van der Waals surface area contributed by atoms with E-state index in [1.165, 1.54) is 93.2 Å². The lowest BCUT2D eigenvalue weighted by molar-refractivity contribution is 1.19. The highest BCUT2D eigenvalue weighted by Gasteiger charge is 2.25. The van der Waals surface area contributed by atoms with E-state index in [1.54, 1.807) is 0 Å². The molecular weight excluding hydrogens is 542 g/mol. The molecule has 45 heavy (non-hydrogen) atoms. The Balaban J connectivity index is 1.36. The summed E-state index contributed by atoms with van der Waals surface area (Å²) in [4.78, 5) is 0. The molecule has 1 aromatic heterocycles. The summed E-state index contributed by atoms with van der Waals surface area (Å²) < 4.78 is 2.52. The first-order chi connectivity index (χ1) is 22.3. The van der Waals surface area contributed by atoms with Gasteiger partial charge in [-0.1, -0.05) is 140 Å². The van der Waals surface area contributed by atoms with E-state index in [2.05, 4.69) is 168 Å². The standard InChI is InChI=1S/C44H27N/c1-2-12-28(13-3-1)26-39-34-18-6-7-19-35(34)40-27-30(23-24-36(39)40)45-41-25-22-29-14-4-5-15-31(29)42(41)43-37-20-10-8-16-32(37)33-17-9-11-21-38(33)44(43)45/h1-27H. The smallest absolute Gasteiger partial charge is 0.0626 e. The molecule has 0 fully saturated rings. The topological polar surface area (TPSA) is 4.93 Å². The first-order valence-electron chi connectivity index (χ1n) is 15.6. The molecule has 1 nitrogen and oxygen atoms in total. The van der Waals surface area contributed by atoms with Gasteiger partial charge in [0.25, 0.3) is 0 Å². The number of aromatic nitrogens is 1. The summed E-state index contributed by atoms with van der Waals surface area (Å²) in [6, 6.07) is 57.8. The molecule has 9 aromatic rings. The zero-order chi connectivity index (χ0) is 29.5. The zero-order valence-corrected chi connectivity index (χ0v) is 24.5. The van der Waals surface area contributed by atoms with Gasteiger partial charge in [0.2, 0.25) is 0 Å². The Kier molecular flexibility index (Phi) is 5.06. The van der Waals surface area contributed by atoms with Gasteiger partial charge in [-0.25, -0.2) is 0 Å². The summed E-state index contributed by atoms with van der Waals surface area (Å²) in [6.07, 6.45) is 2.33. The van der Waals surface area contributed by atoms with E-state index in [0.717, 1.165) is 0 Å². The van der Waals surface area contributed by atoms with E-state index in [4.69, 9.17) is 0 Å². The molecule has 0 radical (unpaired) electrons. The minimum absolute atomic E-state index is 1.18. The molecule has 1 heterocycles. The van der Waals surface area contributed by atoms with Crippen molar-refractivity contribution in [2.75, 3.05) is 0 Å². The average Bonchev–Trinajstić information content (AvgIpc) is 3.62. The first kappa shape index (κ1) is 24.5. The highest BCUT2D eigenvalue weighted by molar-refractivity contribution is 6.35. The van der Waals surface area contributed by atoms with Crippen LogP contribution in [0.4, 0.5) is 0 Å². The van der Waals surface area contributed by atoms with E-state index in [0.29, 0.717) is 0 Å². The molecule has 0 unspecified atom stereocenters. The Morgan fingerprint density at radius 2 is 1.02 bits per heavy atom. The van der Waals surface area contributed by atoms with Gasteiger partial charge in [-0.3, -0.25) is 0 Å². The Labute approximate surface area is 260 Å². The van der Waals surface area contributed by atoms with Crippen LogP contribution in [0.25, 0.3) is 82.6 Å². The van der Waals surface area contributed by atoms with Crippen LogP contribution in [0.15, 0.2) is 158 Å². The predicted molar refractivity (Wildman–Crippen MR) is 192 cm³/mol. The van der Waals surface area contributed by atoms with Crippen molar-refractivity contribution < 1.29 is 0 Å². The molecular formula is C44H27N. The quantitative estimate of drug-likeness (QED) is 0.183. The van der Waals surface area contributed by atoms with Crippen molar-refractivity contribution in [3.63, 3.8) is 0 Å². The van der Waals surface area contributed by atoms with Gasteiger partial charge in [-0.15, -0.1) is 0 Å². The second kappa shape index (κ2) is 9.29. The van der Waals surface area contributed by atoms with Gasteiger partial charge in [0.15, 0.2) is 0 Å². The van der Waals surface area contributed by atoms with Gasteiger partial charge < -0.3 is 4.57 Å². The van der Waals surface area contributed by atoms with E-state index in [-0.39, 0.29) is 0 Å². The number of fused-ring (bicyclic) bond motifs is 13. The lowest BCUT2D eigenvalue weighted by Crippen LogP contribution is -1.96. The molecule has 0 spiro atoms. The lowest BCUT2D eigenvalue weighted by Gasteiger charge is -2.13. The third-order valence-corrected chi connectivity index (χ3v) is 9.70. The molecule has 0 atom stereocenters. The van der Waals surface area contributed by atoms with Crippen LogP contribution in [0.2, 0.25) is 0 Å². The molecule has 0 N–H and O–H groups in total. The molecule has 1 heteroatoms. The summed E-state index contributed by atoms with van der Waals surface area (Å²) in [7, 11) is 0. The molecule has 8 aromatic carbocycles.